The van der Waals surface area contributed by atoms with Crippen molar-refractivity contribution >= 4 is 41.0 Å². The summed E-state index contributed by atoms with van der Waals surface area (Å²) in [5.41, 5.74) is 13.2. The molecule has 2 aliphatic rings. The van der Waals surface area contributed by atoms with Crippen LogP contribution in [0.4, 0.5) is 0 Å². The van der Waals surface area contributed by atoms with Crippen molar-refractivity contribution in [2.75, 3.05) is 0 Å². The highest BCUT2D eigenvalue weighted by Gasteiger charge is 2.44. The molecule has 0 spiro atoms. The SMILES string of the molecule is C=C1CC2C(CCc3ccc4c(oc5ncccc54)c3-c3cc(C)cc[n+]31)c1ccccc1-c1cc(CC)c([Si](C)(C)C)c[n+]12. The van der Waals surface area contributed by atoms with Gasteiger partial charge in [-0.1, -0.05) is 56.9 Å². The van der Waals surface area contributed by atoms with E-state index in [9.17, 15) is 0 Å². The highest BCUT2D eigenvalue weighted by atomic mass is 28.3. The number of allylic oxidation sites excluding steroid dienone is 1. The average Bonchev–Trinajstić information content (AvgIpc) is 3.41. The highest BCUT2D eigenvalue weighted by molar-refractivity contribution is 6.89. The number of aryl methyl sites for hydroxylation is 3. The van der Waals surface area contributed by atoms with Crippen LogP contribution in [0.3, 0.4) is 0 Å². The molecule has 0 aliphatic carbocycles. The molecule has 4 nitrogen and oxygen atoms in total. The molecule has 4 aromatic heterocycles. The first-order valence-corrected chi connectivity index (χ1v) is 19.9. The van der Waals surface area contributed by atoms with E-state index in [0.717, 1.165) is 53.4 Å². The molecule has 2 aliphatic heterocycles. The number of fused-ring (bicyclic) bond motifs is 13. The Kier molecular flexibility index (Phi) is 6.47. The van der Waals surface area contributed by atoms with E-state index in [1.54, 1.807) is 5.19 Å². The van der Waals surface area contributed by atoms with Crippen molar-refractivity contribution < 1.29 is 13.6 Å². The summed E-state index contributed by atoms with van der Waals surface area (Å²) in [6.07, 6.45) is 10.5. The van der Waals surface area contributed by atoms with E-state index in [-0.39, 0.29) is 6.04 Å². The van der Waals surface area contributed by atoms with Crippen LogP contribution in [0, 0.1) is 6.92 Å². The largest absolute Gasteiger partial charge is 0.437 e. The standard InChI is InChI=1S/C40H41N3OSi/c1-7-27-23-35-30-12-9-8-11-29(30)31-16-14-28-15-17-32-33-13-10-19-41-40(33)44-39(32)38(28)36-21-25(2)18-20-42(36)26(3)22-34(31)43(35)24-37(27)45(4,5)6/h8-13,15,17-21,23-24,31,34H,3,7,14,16,22H2,1-2,4-6H3/q+2. The van der Waals surface area contributed by atoms with Gasteiger partial charge >= 0.3 is 0 Å². The van der Waals surface area contributed by atoms with Gasteiger partial charge in [0.25, 0.3) is 0 Å². The van der Waals surface area contributed by atoms with E-state index in [0.29, 0.717) is 11.6 Å². The van der Waals surface area contributed by atoms with Crippen LogP contribution >= 0.6 is 0 Å². The number of rotatable bonds is 2. The number of nitrogens with zero attached hydrogens (tertiary/aromatic N) is 3. The van der Waals surface area contributed by atoms with Crippen molar-refractivity contribution in [2.24, 2.45) is 0 Å². The minimum absolute atomic E-state index is 0.269. The van der Waals surface area contributed by atoms with E-state index in [1.165, 1.54) is 39.1 Å². The van der Waals surface area contributed by atoms with Gasteiger partial charge in [-0.25, -0.2) is 4.98 Å². The molecule has 2 unspecified atom stereocenters. The summed E-state index contributed by atoms with van der Waals surface area (Å²) in [4.78, 5) is 4.58. The van der Waals surface area contributed by atoms with E-state index < -0.39 is 8.07 Å². The monoisotopic (exact) mass is 607 g/mol. The number of hydrogen-bond donors (Lipinski definition) is 0. The predicted molar refractivity (Wildman–Crippen MR) is 186 cm³/mol. The zero-order valence-corrected chi connectivity index (χ0v) is 28.0. The first-order chi connectivity index (χ1) is 21.7. The quantitative estimate of drug-likeness (QED) is 0.146. The van der Waals surface area contributed by atoms with Crippen LogP contribution in [0.5, 0.6) is 0 Å². The van der Waals surface area contributed by atoms with Gasteiger partial charge in [-0.05, 0) is 73.2 Å². The molecule has 2 atom stereocenters. The Morgan fingerprint density at radius 2 is 1.82 bits per heavy atom. The van der Waals surface area contributed by atoms with Crippen LogP contribution < -0.4 is 14.3 Å². The fourth-order valence-corrected chi connectivity index (χ4v) is 9.78. The number of pyridine rings is 3. The molecule has 2 aromatic carbocycles. The average molecular weight is 608 g/mol. The molecular formula is C40H41N3OSi+2. The van der Waals surface area contributed by atoms with E-state index in [4.69, 9.17) is 11.0 Å². The first-order valence-electron chi connectivity index (χ1n) is 16.4. The summed E-state index contributed by atoms with van der Waals surface area (Å²) in [6.45, 7) is 16.7. The van der Waals surface area contributed by atoms with Gasteiger partial charge in [0.05, 0.1) is 20.1 Å². The highest BCUT2D eigenvalue weighted by Crippen LogP contribution is 2.45. The van der Waals surface area contributed by atoms with Gasteiger partial charge in [0.2, 0.25) is 17.1 Å². The van der Waals surface area contributed by atoms with Gasteiger partial charge in [-0.2, -0.15) is 9.13 Å². The molecule has 5 heteroatoms. The summed E-state index contributed by atoms with van der Waals surface area (Å²) in [7, 11) is -1.58. The zero-order chi connectivity index (χ0) is 31.0. The summed E-state index contributed by atoms with van der Waals surface area (Å²) >= 11 is 0. The van der Waals surface area contributed by atoms with Crippen molar-refractivity contribution in [2.45, 2.75) is 71.1 Å². The lowest BCUT2D eigenvalue weighted by Gasteiger charge is -2.33. The zero-order valence-electron chi connectivity index (χ0n) is 27.0. The maximum absolute atomic E-state index is 6.57. The fourth-order valence-electron chi connectivity index (χ4n) is 8.04. The van der Waals surface area contributed by atoms with Gasteiger partial charge in [0.15, 0.2) is 29.7 Å². The van der Waals surface area contributed by atoms with Crippen molar-refractivity contribution in [3.05, 3.63) is 114 Å². The predicted octanol–water partition coefficient (Wildman–Crippen LogP) is 8.45. The Labute approximate surface area is 266 Å². The topological polar surface area (TPSA) is 33.8 Å². The summed E-state index contributed by atoms with van der Waals surface area (Å²) in [5, 5.41) is 3.75. The molecule has 45 heavy (non-hydrogen) atoms. The van der Waals surface area contributed by atoms with Gasteiger partial charge in [-0.3, -0.25) is 0 Å². The lowest BCUT2D eigenvalue weighted by molar-refractivity contribution is -0.719. The van der Waals surface area contributed by atoms with Crippen molar-refractivity contribution in [1.82, 2.24) is 4.98 Å². The molecule has 0 bridgehead atoms. The minimum atomic E-state index is -1.58. The van der Waals surface area contributed by atoms with Gasteiger partial charge in [-0.15, -0.1) is 0 Å². The number of hydrogen-bond acceptors (Lipinski definition) is 2. The van der Waals surface area contributed by atoms with Crippen molar-refractivity contribution in [3.63, 3.8) is 0 Å². The Bertz CT molecular complexity index is 2170. The molecular weight excluding hydrogens is 567 g/mol. The lowest BCUT2D eigenvalue weighted by atomic mass is 9.77. The van der Waals surface area contributed by atoms with Crippen LogP contribution in [0.15, 0.2) is 96.3 Å². The molecule has 0 fully saturated rings. The molecule has 6 aromatic rings. The van der Waals surface area contributed by atoms with Crippen LogP contribution in [-0.4, -0.2) is 13.1 Å². The molecule has 8 rings (SSSR count). The summed E-state index contributed by atoms with van der Waals surface area (Å²) in [5.74, 6) is 0.353. The maximum Gasteiger partial charge on any atom is 0.227 e. The second-order valence-electron chi connectivity index (χ2n) is 14.1. The van der Waals surface area contributed by atoms with Crippen LogP contribution in [0.2, 0.25) is 19.6 Å². The van der Waals surface area contributed by atoms with E-state index in [2.05, 4.69) is 121 Å². The van der Waals surface area contributed by atoms with E-state index in [1.807, 2.05) is 12.3 Å². The van der Waals surface area contributed by atoms with Gasteiger partial charge in [0, 0.05) is 51.8 Å². The Morgan fingerprint density at radius 1 is 0.978 bits per heavy atom. The van der Waals surface area contributed by atoms with Crippen molar-refractivity contribution in [3.8, 4) is 22.5 Å². The van der Waals surface area contributed by atoms with Crippen LogP contribution in [-0.2, 0) is 12.8 Å². The number of furan rings is 1. The number of aromatic nitrogens is 3. The normalized spacial score (nSPS) is 17.8. The smallest absolute Gasteiger partial charge is 0.227 e. The second kappa shape index (κ2) is 10.3. The third kappa shape index (κ3) is 4.43. The Morgan fingerprint density at radius 3 is 2.64 bits per heavy atom. The lowest BCUT2D eigenvalue weighted by Crippen LogP contribution is -2.54. The second-order valence-corrected chi connectivity index (χ2v) is 19.1. The third-order valence-electron chi connectivity index (χ3n) is 10.2. The Balaban J connectivity index is 1.38. The molecule has 0 amide bonds. The number of benzene rings is 2. The molecule has 0 radical (unpaired) electrons. The summed E-state index contributed by atoms with van der Waals surface area (Å²) < 4.78 is 11.6. The van der Waals surface area contributed by atoms with E-state index >= 15 is 0 Å². The fraction of sp³-hybridized carbons (Fsp3) is 0.275. The minimum Gasteiger partial charge on any atom is -0.437 e. The molecule has 224 valence electrons. The molecule has 0 saturated carbocycles. The van der Waals surface area contributed by atoms with Gasteiger partial charge in [0.1, 0.15) is 0 Å². The maximum atomic E-state index is 6.57. The Hall–Kier alpha value is -4.35. The molecule has 0 N–H and O–H groups in total. The van der Waals surface area contributed by atoms with Gasteiger partial charge < -0.3 is 4.42 Å². The third-order valence-corrected chi connectivity index (χ3v) is 12.3. The van der Waals surface area contributed by atoms with Crippen molar-refractivity contribution in [1.29, 1.82) is 0 Å². The molecule has 6 heterocycles. The molecule has 0 saturated heterocycles. The van der Waals surface area contributed by atoms with Crippen LogP contribution in [0.25, 0.3) is 50.3 Å². The summed E-state index contributed by atoms with van der Waals surface area (Å²) in [6, 6.07) is 25.1. The first kappa shape index (κ1) is 28.1. The van der Waals surface area contributed by atoms with Crippen LogP contribution in [0.1, 0.15) is 54.0 Å².